The Morgan fingerprint density at radius 1 is 1.06 bits per heavy atom. The van der Waals surface area contributed by atoms with E-state index in [9.17, 15) is 9.59 Å². The van der Waals surface area contributed by atoms with Crippen LogP contribution in [0.5, 0.6) is 0 Å². The molecule has 0 aromatic carbocycles. The molecule has 1 aliphatic carbocycles. The number of carboxylic acids is 1. The minimum absolute atomic E-state index is 0.0514. The molecular formula is C12H21NO3. The van der Waals surface area contributed by atoms with Crippen molar-refractivity contribution in [1.29, 1.82) is 0 Å². The van der Waals surface area contributed by atoms with E-state index in [1.807, 2.05) is 18.7 Å². The molecule has 0 aliphatic heterocycles. The quantitative estimate of drug-likeness (QED) is 0.796. The molecule has 16 heavy (non-hydrogen) atoms. The van der Waals surface area contributed by atoms with Crippen LogP contribution >= 0.6 is 0 Å². The minimum Gasteiger partial charge on any atom is -0.481 e. The zero-order valence-corrected chi connectivity index (χ0v) is 10.1. The lowest BCUT2D eigenvalue weighted by atomic mass is 9.81. The van der Waals surface area contributed by atoms with Gasteiger partial charge in [0.2, 0.25) is 5.91 Å². The Balaban J connectivity index is 2.47. The summed E-state index contributed by atoms with van der Waals surface area (Å²) in [5.41, 5.74) is 0. The molecule has 0 saturated heterocycles. The molecule has 4 nitrogen and oxygen atoms in total. The summed E-state index contributed by atoms with van der Waals surface area (Å²) in [6.07, 6.45) is 2.75. The molecule has 0 radical (unpaired) electrons. The molecule has 1 fully saturated rings. The van der Waals surface area contributed by atoms with Gasteiger partial charge in [0.05, 0.1) is 5.92 Å². The maximum Gasteiger partial charge on any atom is 0.306 e. The van der Waals surface area contributed by atoms with Crippen molar-refractivity contribution >= 4 is 11.9 Å². The van der Waals surface area contributed by atoms with Crippen molar-refractivity contribution < 1.29 is 14.7 Å². The molecule has 92 valence electrons. The molecule has 0 spiro atoms. The third-order valence-electron chi connectivity index (χ3n) is 3.50. The second-order valence-corrected chi connectivity index (χ2v) is 4.40. The van der Waals surface area contributed by atoms with Crippen molar-refractivity contribution in [3.05, 3.63) is 0 Å². The molecule has 0 aromatic heterocycles. The second kappa shape index (κ2) is 5.87. The number of carbonyl (C=O) groups excluding carboxylic acids is 1. The fraction of sp³-hybridized carbons (Fsp3) is 0.833. The van der Waals surface area contributed by atoms with Gasteiger partial charge in [0.15, 0.2) is 0 Å². The Hall–Kier alpha value is -1.06. The van der Waals surface area contributed by atoms with Crippen molar-refractivity contribution in [3.8, 4) is 0 Å². The molecule has 0 heterocycles. The third-order valence-corrected chi connectivity index (χ3v) is 3.50. The first-order valence-corrected chi connectivity index (χ1v) is 6.11. The van der Waals surface area contributed by atoms with E-state index in [-0.39, 0.29) is 17.7 Å². The number of hydrogen-bond donors (Lipinski definition) is 1. The van der Waals surface area contributed by atoms with Gasteiger partial charge in [-0.25, -0.2) is 0 Å². The summed E-state index contributed by atoms with van der Waals surface area (Å²) in [4.78, 5) is 24.6. The molecule has 1 saturated carbocycles. The normalized spacial score (nSPS) is 25.1. The lowest BCUT2D eigenvalue weighted by Gasteiger charge is -2.29. The van der Waals surface area contributed by atoms with E-state index in [4.69, 9.17) is 5.11 Å². The molecule has 0 bridgehead atoms. The number of amides is 1. The van der Waals surface area contributed by atoms with Gasteiger partial charge in [0, 0.05) is 19.0 Å². The SMILES string of the molecule is CCN(CC)C(=O)C1CCC(C(=O)O)CC1. The van der Waals surface area contributed by atoms with E-state index < -0.39 is 5.97 Å². The summed E-state index contributed by atoms with van der Waals surface area (Å²) >= 11 is 0. The number of aliphatic carboxylic acids is 1. The average Bonchev–Trinajstić information content (AvgIpc) is 2.30. The van der Waals surface area contributed by atoms with Gasteiger partial charge in [-0.05, 0) is 39.5 Å². The number of carbonyl (C=O) groups is 2. The molecule has 4 heteroatoms. The summed E-state index contributed by atoms with van der Waals surface area (Å²) < 4.78 is 0. The highest BCUT2D eigenvalue weighted by Crippen LogP contribution is 2.30. The molecule has 1 amide bonds. The second-order valence-electron chi connectivity index (χ2n) is 4.40. The number of rotatable bonds is 4. The smallest absolute Gasteiger partial charge is 0.306 e. The van der Waals surface area contributed by atoms with Gasteiger partial charge in [-0.2, -0.15) is 0 Å². The molecule has 1 aliphatic rings. The number of carboxylic acid groups (broad SMARTS) is 1. The van der Waals surface area contributed by atoms with Crippen LogP contribution in [0.25, 0.3) is 0 Å². The molecular weight excluding hydrogens is 206 g/mol. The van der Waals surface area contributed by atoms with E-state index in [1.165, 1.54) is 0 Å². The largest absolute Gasteiger partial charge is 0.481 e. The Morgan fingerprint density at radius 3 is 1.88 bits per heavy atom. The van der Waals surface area contributed by atoms with Crippen molar-refractivity contribution in [1.82, 2.24) is 4.90 Å². The monoisotopic (exact) mass is 227 g/mol. The van der Waals surface area contributed by atoms with Gasteiger partial charge < -0.3 is 10.0 Å². The van der Waals surface area contributed by atoms with Gasteiger partial charge in [0.25, 0.3) is 0 Å². The van der Waals surface area contributed by atoms with Crippen LogP contribution in [0.2, 0.25) is 0 Å². The lowest BCUT2D eigenvalue weighted by Crippen LogP contribution is -2.38. The van der Waals surface area contributed by atoms with Crippen LogP contribution in [0.15, 0.2) is 0 Å². The minimum atomic E-state index is -0.714. The number of nitrogens with zero attached hydrogens (tertiary/aromatic N) is 1. The first kappa shape index (κ1) is 13.0. The predicted octanol–water partition coefficient (Wildman–Crippen LogP) is 1.75. The molecule has 0 unspecified atom stereocenters. The first-order chi connectivity index (χ1) is 7.60. The van der Waals surface area contributed by atoms with Gasteiger partial charge in [-0.15, -0.1) is 0 Å². The first-order valence-electron chi connectivity index (χ1n) is 6.11. The van der Waals surface area contributed by atoms with Gasteiger partial charge in [-0.1, -0.05) is 0 Å². The zero-order chi connectivity index (χ0) is 12.1. The third kappa shape index (κ3) is 2.97. The highest BCUT2D eigenvalue weighted by atomic mass is 16.4. The molecule has 1 N–H and O–H groups in total. The highest BCUT2D eigenvalue weighted by Gasteiger charge is 2.31. The van der Waals surface area contributed by atoms with Crippen LogP contribution in [0.4, 0.5) is 0 Å². The Kier molecular flexibility index (Phi) is 4.77. The molecule has 0 atom stereocenters. The van der Waals surface area contributed by atoms with E-state index in [2.05, 4.69) is 0 Å². The fourth-order valence-corrected chi connectivity index (χ4v) is 2.38. The molecule has 1 rings (SSSR count). The summed E-state index contributed by atoms with van der Waals surface area (Å²) in [5, 5.41) is 8.87. The standard InChI is InChI=1S/C12H21NO3/c1-3-13(4-2)11(14)9-5-7-10(8-6-9)12(15)16/h9-10H,3-8H2,1-2H3,(H,15,16). The van der Waals surface area contributed by atoms with E-state index >= 15 is 0 Å². The lowest BCUT2D eigenvalue weighted by molar-refractivity contribution is -0.145. The van der Waals surface area contributed by atoms with Crippen LogP contribution in [-0.2, 0) is 9.59 Å². The summed E-state index contributed by atoms with van der Waals surface area (Å²) in [7, 11) is 0. The summed E-state index contributed by atoms with van der Waals surface area (Å²) in [6.45, 7) is 5.44. The van der Waals surface area contributed by atoms with Crippen LogP contribution < -0.4 is 0 Å². The average molecular weight is 227 g/mol. The van der Waals surface area contributed by atoms with Gasteiger partial charge >= 0.3 is 5.97 Å². The molecule has 0 aromatic rings. The van der Waals surface area contributed by atoms with Crippen molar-refractivity contribution in [3.63, 3.8) is 0 Å². The maximum absolute atomic E-state index is 12.0. The van der Waals surface area contributed by atoms with Crippen LogP contribution in [0.1, 0.15) is 39.5 Å². The van der Waals surface area contributed by atoms with E-state index in [0.29, 0.717) is 12.8 Å². The van der Waals surface area contributed by atoms with E-state index in [1.54, 1.807) is 0 Å². The van der Waals surface area contributed by atoms with Crippen molar-refractivity contribution in [2.75, 3.05) is 13.1 Å². The van der Waals surface area contributed by atoms with Crippen LogP contribution in [-0.4, -0.2) is 35.0 Å². The van der Waals surface area contributed by atoms with E-state index in [0.717, 1.165) is 25.9 Å². The maximum atomic E-state index is 12.0. The Morgan fingerprint density at radius 2 is 1.50 bits per heavy atom. The van der Waals surface area contributed by atoms with Crippen LogP contribution in [0, 0.1) is 11.8 Å². The summed E-state index contributed by atoms with van der Waals surface area (Å²) in [5.74, 6) is -0.696. The van der Waals surface area contributed by atoms with Gasteiger partial charge in [0.1, 0.15) is 0 Å². The Labute approximate surface area is 96.6 Å². The Bertz CT molecular complexity index is 253. The zero-order valence-electron chi connectivity index (χ0n) is 10.1. The van der Waals surface area contributed by atoms with Crippen molar-refractivity contribution in [2.45, 2.75) is 39.5 Å². The fourth-order valence-electron chi connectivity index (χ4n) is 2.38. The predicted molar refractivity (Wildman–Crippen MR) is 61.0 cm³/mol. The topological polar surface area (TPSA) is 57.6 Å². The number of hydrogen-bond acceptors (Lipinski definition) is 2. The van der Waals surface area contributed by atoms with Gasteiger partial charge in [-0.3, -0.25) is 9.59 Å². The highest BCUT2D eigenvalue weighted by molar-refractivity contribution is 5.79. The van der Waals surface area contributed by atoms with Crippen molar-refractivity contribution in [2.24, 2.45) is 11.8 Å². The summed E-state index contributed by atoms with van der Waals surface area (Å²) in [6, 6.07) is 0. The van der Waals surface area contributed by atoms with Crippen LogP contribution in [0.3, 0.4) is 0 Å².